The molecule has 0 saturated heterocycles. The van der Waals surface area contributed by atoms with Crippen molar-refractivity contribution in [3.05, 3.63) is 54.1 Å². The molecule has 0 aliphatic heterocycles. The van der Waals surface area contributed by atoms with Crippen molar-refractivity contribution < 1.29 is 14.3 Å². The third-order valence-electron chi connectivity index (χ3n) is 3.54. The van der Waals surface area contributed by atoms with E-state index in [0.717, 1.165) is 12.8 Å². The molecule has 0 fully saturated rings. The van der Waals surface area contributed by atoms with Gasteiger partial charge in [0.15, 0.2) is 0 Å². The van der Waals surface area contributed by atoms with Crippen molar-refractivity contribution in [3.63, 3.8) is 0 Å². The minimum absolute atomic E-state index is 0.179. The van der Waals surface area contributed by atoms with Crippen LogP contribution >= 0.6 is 0 Å². The van der Waals surface area contributed by atoms with Gasteiger partial charge < -0.3 is 20.7 Å². The largest absolute Gasteiger partial charge is 0.495 e. The van der Waals surface area contributed by atoms with Crippen molar-refractivity contribution in [1.82, 2.24) is 5.32 Å². The lowest BCUT2D eigenvalue weighted by atomic mass is 10.1. The molecule has 0 heterocycles. The minimum atomic E-state index is -0.314. The van der Waals surface area contributed by atoms with Gasteiger partial charge in [-0.3, -0.25) is 4.79 Å². The number of rotatable bonds is 7. The smallest absolute Gasteiger partial charge is 0.319 e. The van der Waals surface area contributed by atoms with E-state index >= 15 is 0 Å². The number of benzene rings is 2. The van der Waals surface area contributed by atoms with Gasteiger partial charge in [-0.05, 0) is 36.6 Å². The van der Waals surface area contributed by atoms with Gasteiger partial charge >= 0.3 is 6.03 Å². The second-order valence-corrected chi connectivity index (χ2v) is 5.57. The minimum Gasteiger partial charge on any atom is -0.495 e. The molecular formula is C19H23N3O3. The topological polar surface area (TPSA) is 79.5 Å². The highest BCUT2D eigenvalue weighted by Gasteiger charge is 2.09. The number of carbonyl (C=O) groups excluding carboxylic acids is 2. The van der Waals surface area contributed by atoms with Crippen LogP contribution in [0, 0.1) is 0 Å². The van der Waals surface area contributed by atoms with Crippen molar-refractivity contribution >= 4 is 23.3 Å². The standard InChI is InChI=1S/C19H23N3O3/c1-14(23)21-16-10-11-18(25-2)17(13-16)22-19(24)20-12-6-9-15-7-4-3-5-8-15/h3-5,7-8,10-11,13H,6,9,12H2,1-2H3,(H,21,23)(H2,20,22,24). The number of aryl methyl sites for hydroxylation is 1. The summed E-state index contributed by atoms with van der Waals surface area (Å²) in [6.45, 7) is 1.99. The van der Waals surface area contributed by atoms with Gasteiger partial charge in [0.05, 0.1) is 12.8 Å². The van der Waals surface area contributed by atoms with Gasteiger partial charge in [-0.15, -0.1) is 0 Å². The maximum absolute atomic E-state index is 12.1. The van der Waals surface area contributed by atoms with E-state index in [1.165, 1.54) is 19.6 Å². The van der Waals surface area contributed by atoms with Crippen LogP contribution in [0.4, 0.5) is 16.2 Å². The Hall–Kier alpha value is -3.02. The molecule has 0 aliphatic rings. The lowest BCUT2D eigenvalue weighted by Gasteiger charge is -2.13. The Labute approximate surface area is 147 Å². The summed E-state index contributed by atoms with van der Waals surface area (Å²) in [6, 6.07) is 14.9. The maximum atomic E-state index is 12.1. The van der Waals surface area contributed by atoms with Crippen molar-refractivity contribution in [2.24, 2.45) is 0 Å². The Bertz CT molecular complexity index is 717. The SMILES string of the molecule is COc1ccc(NC(C)=O)cc1NC(=O)NCCCc1ccccc1. The first-order chi connectivity index (χ1) is 12.1. The zero-order chi connectivity index (χ0) is 18.1. The molecule has 0 saturated carbocycles. The first kappa shape index (κ1) is 18.3. The zero-order valence-corrected chi connectivity index (χ0v) is 14.5. The second-order valence-electron chi connectivity index (χ2n) is 5.57. The predicted octanol–water partition coefficient (Wildman–Crippen LogP) is 3.41. The highest BCUT2D eigenvalue weighted by molar-refractivity contribution is 5.94. The van der Waals surface area contributed by atoms with E-state index in [1.807, 2.05) is 18.2 Å². The average Bonchev–Trinajstić information content (AvgIpc) is 2.59. The number of carbonyl (C=O) groups is 2. The fraction of sp³-hybridized carbons (Fsp3) is 0.263. The first-order valence-corrected chi connectivity index (χ1v) is 8.13. The van der Waals surface area contributed by atoms with Crippen LogP contribution in [0.1, 0.15) is 18.9 Å². The third-order valence-corrected chi connectivity index (χ3v) is 3.54. The monoisotopic (exact) mass is 341 g/mol. The van der Waals surface area contributed by atoms with Gasteiger partial charge in [0.2, 0.25) is 5.91 Å². The summed E-state index contributed by atoms with van der Waals surface area (Å²) in [7, 11) is 1.52. The molecule has 0 bridgehead atoms. The first-order valence-electron chi connectivity index (χ1n) is 8.13. The maximum Gasteiger partial charge on any atom is 0.319 e. The Morgan fingerprint density at radius 3 is 2.48 bits per heavy atom. The van der Waals surface area contributed by atoms with E-state index < -0.39 is 0 Å². The Balaban J connectivity index is 1.85. The van der Waals surface area contributed by atoms with E-state index in [2.05, 4.69) is 28.1 Å². The number of ether oxygens (including phenoxy) is 1. The van der Waals surface area contributed by atoms with Crippen LogP contribution in [0.15, 0.2) is 48.5 Å². The molecule has 6 heteroatoms. The van der Waals surface area contributed by atoms with Crippen LogP contribution in [-0.2, 0) is 11.2 Å². The zero-order valence-electron chi connectivity index (χ0n) is 14.5. The molecule has 0 aliphatic carbocycles. The summed E-state index contributed by atoms with van der Waals surface area (Å²) in [6.07, 6.45) is 1.75. The second kappa shape index (κ2) is 9.32. The van der Waals surface area contributed by atoms with Gasteiger partial charge in [-0.1, -0.05) is 30.3 Å². The van der Waals surface area contributed by atoms with Crippen molar-refractivity contribution in [1.29, 1.82) is 0 Å². The number of urea groups is 1. The third kappa shape index (κ3) is 6.18. The predicted molar refractivity (Wildman–Crippen MR) is 99.1 cm³/mol. The lowest BCUT2D eigenvalue weighted by molar-refractivity contribution is -0.114. The van der Waals surface area contributed by atoms with Crippen LogP contribution in [0.25, 0.3) is 0 Å². The molecule has 2 rings (SSSR count). The number of hydrogen-bond acceptors (Lipinski definition) is 3. The molecule has 0 atom stereocenters. The number of anilines is 2. The van der Waals surface area contributed by atoms with Crippen LogP contribution in [0.3, 0.4) is 0 Å². The van der Waals surface area contributed by atoms with Crippen LogP contribution in [0.5, 0.6) is 5.75 Å². The quantitative estimate of drug-likeness (QED) is 0.675. The molecule has 6 nitrogen and oxygen atoms in total. The highest BCUT2D eigenvalue weighted by Crippen LogP contribution is 2.27. The van der Waals surface area contributed by atoms with Gasteiger partial charge in [0.1, 0.15) is 5.75 Å². The van der Waals surface area contributed by atoms with Crippen molar-refractivity contribution in [2.75, 3.05) is 24.3 Å². The number of amides is 3. The van der Waals surface area contributed by atoms with E-state index in [-0.39, 0.29) is 11.9 Å². The van der Waals surface area contributed by atoms with E-state index in [4.69, 9.17) is 4.74 Å². The molecule has 3 N–H and O–H groups in total. The lowest BCUT2D eigenvalue weighted by Crippen LogP contribution is -2.30. The van der Waals surface area contributed by atoms with Gasteiger partial charge in [-0.2, -0.15) is 0 Å². The fourth-order valence-corrected chi connectivity index (χ4v) is 2.39. The summed E-state index contributed by atoms with van der Waals surface area (Å²) in [4.78, 5) is 23.2. The number of hydrogen-bond donors (Lipinski definition) is 3. The van der Waals surface area contributed by atoms with E-state index in [0.29, 0.717) is 23.7 Å². The van der Waals surface area contributed by atoms with Gasteiger partial charge in [0.25, 0.3) is 0 Å². The average molecular weight is 341 g/mol. The molecular weight excluding hydrogens is 318 g/mol. The van der Waals surface area contributed by atoms with Crippen LogP contribution in [0.2, 0.25) is 0 Å². The molecule has 25 heavy (non-hydrogen) atoms. The molecule has 0 aromatic heterocycles. The van der Waals surface area contributed by atoms with Crippen molar-refractivity contribution in [2.45, 2.75) is 19.8 Å². The fourth-order valence-electron chi connectivity index (χ4n) is 2.39. The van der Waals surface area contributed by atoms with Crippen LogP contribution in [-0.4, -0.2) is 25.6 Å². The molecule has 2 aromatic rings. The Morgan fingerprint density at radius 2 is 1.80 bits per heavy atom. The summed E-state index contributed by atoms with van der Waals surface area (Å²) in [5.74, 6) is 0.343. The van der Waals surface area contributed by atoms with Crippen molar-refractivity contribution in [3.8, 4) is 5.75 Å². The summed E-state index contributed by atoms with van der Waals surface area (Å²) >= 11 is 0. The number of methoxy groups -OCH3 is 1. The summed E-state index contributed by atoms with van der Waals surface area (Å²) in [5.41, 5.74) is 2.33. The van der Waals surface area contributed by atoms with E-state index in [9.17, 15) is 9.59 Å². The van der Waals surface area contributed by atoms with Gasteiger partial charge in [0, 0.05) is 19.2 Å². The highest BCUT2D eigenvalue weighted by atomic mass is 16.5. The molecule has 132 valence electrons. The molecule has 0 spiro atoms. The normalized spacial score (nSPS) is 10.0. The summed E-state index contributed by atoms with van der Waals surface area (Å²) < 4.78 is 5.23. The van der Waals surface area contributed by atoms with Gasteiger partial charge in [-0.25, -0.2) is 4.79 Å². The number of nitrogens with one attached hydrogen (secondary N) is 3. The Kier molecular flexibility index (Phi) is 6.83. The molecule has 2 aromatic carbocycles. The van der Waals surface area contributed by atoms with Crippen LogP contribution < -0.4 is 20.7 Å². The molecule has 0 radical (unpaired) electrons. The summed E-state index contributed by atoms with van der Waals surface area (Å²) in [5, 5.41) is 8.24. The molecule has 0 unspecified atom stereocenters. The Morgan fingerprint density at radius 1 is 1.04 bits per heavy atom. The molecule has 3 amide bonds. The van der Waals surface area contributed by atoms with E-state index in [1.54, 1.807) is 18.2 Å².